The molecule has 0 saturated carbocycles. The van der Waals surface area contributed by atoms with Crippen LogP contribution in [-0.2, 0) is 4.79 Å². The number of amides is 1. The summed E-state index contributed by atoms with van der Waals surface area (Å²) in [5.41, 5.74) is 0. The van der Waals surface area contributed by atoms with E-state index in [1.807, 2.05) is 0 Å². The Morgan fingerprint density at radius 1 is 1.62 bits per heavy atom. The Kier molecular flexibility index (Phi) is 3.52. The van der Waals surface area contributed by atoms with E-state index in [0.717, 1.165) is 0 Å². The highest BCUT2D eigenvalue weighted by atomic mass is 79.9. The molecule has 8 heavy (non-hydrogen) atoms. The zero-order valence-electron chi connectivity index (χ0n) is 4.89. The Morgan fingerprint density at radius 3 is 2.25 bits per heavy atom. The maximum atomic E-state index is 10.6. The summed E-state index contributed by atoms with van der Waals surface area (Å²) in [7, 11) is 3.41. The van der Waals surface area contributed by atoms with Crippen molar-refractivity contribution in [2.45, 2.75) is 0 Å². The summed E-state index contributed by atoms with van der Waals surface area (Å²) in [5.74, 6) is -0.0122. The molecule has 0 unspecified atom stereocenters. The van der Waals surface area contributed by atoms with Crippen LogP contribution in [0.1, 0.15) is 0 Å². The third-order valence-corrected chi connectivity index (χ3v) is 0.911. The predicted molar refractivity (Wildman–Crippen MR) is 36.8 cm³/mol. The first-order valence-electron chi connectivity index (χ1n) is 2.16. The Morgan fingerprint density at radius 2 is 2.12 bits per heavy atom. The first kappa shape index (κ1) is 7.69. The third kappa shape index (κ3) is 2.80. The van der Waals surface area contributed by atoms with Crippen molar-refractivity contribution in [3.05, 3.63) is 11.1 Å². The number of nitrogens with zero attached hydrogens (tertiary/aromatic N) is 1. The van der Waals surface area contributed by atoms with E-state index in [4.69, 9.17) is 0 Å². The number of hydrogen-bond acceptors (Lipinski definition) is 1. The van der Waals surface area contributed by atoms with Gasteiger partial charge < -0.3 is 4.90 Å². The van der Waals surface area contributed by atoms with Crippen LogP contribution in [0, 0.1) is 0 Å². The van der Waals surface area contributed by atoms with Gasteiger partial charge in [0.1, 0.15) is 0 Å². The van der Waals surface area contributed by atoms with Gasteiger partial charge in [0.15, 0.2) is 0 Å². The van der Waals surface area contributed by atoms with Gasteiger partial charge in [-0.25, -0.2) is 0 Å². The summed E-state index contributed by atoms with van der Waals surface area (Å²) >= 11 is 2.99. The van der Waals surface area contributed by atoms with Crippen molar-refractivity contribution in [1.82, 2.24) is 4.90 Å². The lowest BCUT2D eigenvalue weighted by Crippen LogP contribution is -2.18. The fourth-order valence-corrected chi connectivity index (χ4v) is 0.429. The van der Waals surface area contributed by atoms with Gasteiger partial charge in [-0.2, -0.15) is 0 Å². The van der Waals surface area contributed by atoms with Crippen LogP contribution in [-0.4, -0.2) is 24.9 Å². The van der Waals surface area contributed by atoms with E-state index in [9.17, 15) is 4.79 Å². The minimum absolute atomic E-state index is 0.0122. The molecule has 0 fully saturated rings. The van der Waals surface area contributed by atoms with Crippen molar-refractivity contribution in [1.29, 1.82) is 0 Å². The molecule has 0 radical (unpaired) electrons. The Hall–Kier alpha value is -0.310. The van der Waals surface area contributed by atoms with E-state index in [2.05, 4.69) is 15.9 Å². The molecule has 0 aliphatic heterocycles. The van der Waals surface area contributed by atoms with Crippen LogP contribution >= 0.6 is 15.9 Å². The van der Waals surface area contributed by atoms with E-state index in [-0.39, 0.29) is 5.91 Å². The highest BCUT2D eigenvalue weighted by molar-refractivity contribution is 9.11. The number of carbonyl (C=O) groups is 1. The van der Waals surface area contributed by atoms with Crippen LogP contribution in [0.5, 0.6) is 0 Å². The van der Waals surface area contributed by atoms with Crippen molar-refractivity contribution < 1.29 is 4.79 Å². The Balaban J connectivity index is 3.66. The van der Waals surface area contributed by atoms with Crippen molar-refractivity contribution in [3.8, 4) is 0 Å². The molecule has 0 rings (SSSR count). The predicted octanol–water partition coefficient (Wildman–Crippen LogP) is 0.983. The first-order valence-corrected chi connectivity index (χ1v) is 3.08. The minimum Gasteiger partial charge on any atom is -0.345 e. The third-order valence-electron chi connectivity index (χ3n) is 0.646. The SMILES string of the molecule is CN(C)C(=O)/C=C/Br. The van der Waals surface area contributed by atoms with Crippen molar-refractivity contribution in [2.24, 2.45) is 0 Å². The molecule has 0 bridgehead atoms. The molecule has 0 aliphatic rings. The smallest absolute Gasteiger partial charge is 0.246 e. The molecular weight excluding hydrogens is 170 g/mol. The summed E-state index contributed by atoms with van der Waals surface area (Å²) in [6, 6.07) is 0. The second-order valence-corrected chi connectivity index (χ2v) is 2.05. The van der Waals surface area contributed by atoms with E-state index < -0.39 is 0 Å². The highest BCUT2D eigenvalue weighted by Crippen LogP contribution is 1.85. The minimum atomic E-state index is -0.0122. The number of rotatable bonds is 1. The van der Waals surface area contributed by atoms with Crippen LogP contribution in [0.25, 0.3) is 0 Å². The lowest BCUT2D eigenvalue weighted by molar-refractivity contribution is -0.123. The first-order chi connectivity index (χ1) is 3.68. The summed E-state index contributed by atoms with van der Waals surface area (Å²) < 4.78 is 0. The lowest BCUT2D eigenvalue weighted by atomic mass is 10.5. The maximum Gasteiger partial charge on any atom is 0.246 e. The largest absolute Gasteiger partial charge is 0.345 e. The topological polar surface area (TPSA) is 20.3 Å². The number of halogens is 1. The molecule has 0 N–H and O–H groups in total. The Labute approximate surface area is 57.3 Å². The summed E-state index contributed by atoms with van der Waals surface area (Å²) in [4.78, 5) is 13.6. The monoisotopic (exact) mass is 177 g/mol. The van der Waals surface area contributed by atoms with Gasteiger partial charge in [-0.15, -0.1) is 0 Å². The Bertz CT molecular complexity index is 109. The molecular formula is C5H8BrNO. The van der Waals surface area contributed by atoms with Crippen LogP contribution < -0.4 is 0 Å². The van der Waals surface area contributed by atoms with Crippen molar-refractivity contribution >= 4 is 21.8 Å². The number of likely N-dealkylation sites (N-methyl/N-ethyl adjacent to an activating group) is 1. The van der Waals surface area contributed by atoms with Crippen molar-refractivity contribution in [2.75, 3.05) is 14.1 Å². The standard InChI is InChI=1S/C5H8BrNO/c1-7(2)5(8)3-4-6/h3-4H,1-2H3/b4-3+. The van der Waals surface area contributed by atoms with Gasteiger partial charge in [-0.3, -0.25) is 4.79 Å². The summed E-state index contributed by atoms with van der Waals surface area (Å²) in [6.07, 6.45) is 1.44. The molecule has 0 aliphatic carbocycles. The van der Waals surface area contributed by atoms with Crippen LogP contribution in [0.2, 0.25) is 0 Å². The number of carbonyl (C=O) groups excluding carboxylic acids is 1. The van der Waals surface area contributed by atoms with Crippen molar-refractivity contribution in [3.63, 3.8) is 0 Å². The molecule has 0 aromatic carbocycles. The molecule has 0 aromatic heterocycles. The van der Waals surface area contributed by atoms with Gasteiger partial charge in [0, 0.05) is 20.2 Å². The van der Waals surface area contributed by atoms with Gasteiger partial charge >= 0.3 is 0 Å². The molecule has 46 valence electrons. The molecule has 0 spiro atoms. The molecule has 0 saturated heterocycles. The fourth-order valence-electron chi connectivity index (χ4n) is 0.203. The second-order valence-electron chi connectivity index (χ2n) is 1.53. The number of hydrogen-bond donors (Lipinski definition) is 0. The maximum absolute atomic E-state index is 10.6. The molecule has 3 heteroatoms. The summed E-state index contributed by atoms with van der Waals surface area (Å²) in [5, 5.41) is 0. The molecule has 0 atom stereocenters. The second kappa shape index (κ2) is 3.66. The fraction of sp³-hybridized carbons (Fsp3) is 0.400. The normalized spacial score (nSPS) is 9.88. The van der Waals surface area contributed by atoms with Gasteiger partial charge in [0.05, 0.1) is 0 Å². The van der Waals surface area contributed by atoms with Gasteiger partial charge in [0.2, 0.25) is 5.91 Å². The van der Waals surface area contributed by atoms with Gasteiger partial charge in [-0.05, 0) is 4.99 Å². The van der Waals surface area contributed by atoms with E-state index >= 15 is 0 Å². The lowest BCUT2D eigenvalue weighted by Gasteiger charge is -2.03. The molecule has 1 amide bonds. The van der Waals surface area contributed by atoms with Crippen LogP contribution in [0.15, 0.2) is 11.1 Å². The average molecular weight is 178 g/mol. The van der Waals surface area contributed by atoms with Gasteiger partial charge in [-0.1, -0.05) is 15.9 Å². The van der Waals surface area contributed by atoms with Gasteiger partial charge in [0.25, 0.3) is 0 Å². The molecule has 0 heterocycles. The summed E-state index contributed by atoms with van der Waals surface area (Å²) in [6.45, 7) is 0. The zero-order chi connectivity index (χ0) is 6.57. The molecule has 2 nitrogen and oxygen atoms in total. The van der Waals surface area contributed by atoms with Crippen LogP contribution in [0.4, 0.5) is 0 Å². The van der Waals surface area contributed by atoms with E-state index in [1.54, 1.807) is 14.1 Å². The van der Waals surface area contributed by atoms with Crippen LogP contribution in [0.3, 0.4) is 0 Å². The molecule has 0 aromatic rings. The highest BCUT2D eigenvalue weighted by Gasteiger charge is 1.93. The zero-order valence-corrected chi connectivity index (χ0v) is 6.47. The van der Waals surface area contributed by atoms with E-state index in [0.29, 0.717) is 0 Å². The quantitative estimate of drug-likeness (QED) is 0.548. The average Bonchev–Trinajstić information content (AvgIpc) is 1.67. The van der Waals surface area contributed by atoms with E-state index in [1.165, 1.54) is 16.0 Å².